The first-order chi connectivity index (χ1) is 12.6. The molecule has 1 aliphatic heterocycles. The maximum Gasteiger partial charge on any atom is 0.189 e. The standard InChI is InChI=1S/C19H17BrO5S/c1-22-15-9-16-18(26-10-25-16)8-12(15)14(21)5-4-11-6-13(20)19(24-3)17(7-11)23-2/h4-9H,10H2,1-3H3/b5-4+. The molecule has 1 heterocycles. The quantitative estimate of drug-likeness (QED) is 0.478. The zero-order valence-electron chi connectivity index (χ0n) is 14.5. The average Bonchev–Trinajstić information content (AvgIpc) is 3.11. The van der Waals surface area contributed by atoms with Gasteiger partial charge in [-0.25, -0.2) is 0 Å². The van der Waals surface area contributed by atoms with E-state index in [4.69, 9.17) is 18.9 Å². The van der Waals surface area contributed by atoms with Crippen LogP contribution in [0.4, 0.5) is 0 Å². The lowest BCUT2D eigenvalue weighted by molar-refractivity contribution is 0.104. The van der Waals surface area contributed by atoms with Crippen LogP contribution in [0.15, 0.2) is 39.7 Å². The molecule has 0 bridgehead atoms. The van der Waals surface area contributed by atoms with E-state index in [2.05, 4.69) is 15.9 Å². The van der Waals surface area contributed by atoms with Gasteiger partial charge in [-0.15, -0.1) is 0 Å². The zero-order chi connectivity index (χ0) is 18.7. The molecule has 2 aromatic carbocycles. The molecule has 0 N–H and O–H groups in total. The van der Waals surface area contributed by atoms with Crippen LogP contribution in [-0.4, -0.2) is 33.1 Å². The molecule has 0 unspecified atom stereocenters. The normalized spacial score (nSPS) is 12.6. The maximum absolute atomic E-state index is 12.7. The van der Waals surface area contributed by atoms with Crippen LogP contribution in [0.5, 0.6) is 23.0 Å². The summed E-state index contributed by atoms with van der Waals surface area (Å²) in [5.74, 6) is 2.82. The van der Waals surface area contributed by atoms with Crippen LogP contribution < -0.4 is 18.9 Å². The van der Waals surface area contributed by atoms with E-state index in [0.29, 0.717) is 28.8 Å². The zero-order valence-corrected chi connectivity index (χ0v) is 16.9. The largest absolute Gasteiger partial charge is 0.496 e. The first-order valence-electron chi connectivity index (χ1n) is 7.69. The molecule has 0 fully saturated rings. The van der Waals surface area contributed by atoms with Crippen molar-refractivity contribution in [1.29, 1.82) is 0 Å². The summed E-state index contributed by atoms with van der Waals surface area (Å²) in [6.07, 6.45) is 3.24. The summed E-state index contributed by atoms with van der Waals surface area (Å²) in [7, 11) is 4.68. The molecule has 0 saturated heterocycles. The SMILES string of the molecule is COc1cc2c(cc1C(=O)/C=C/c1cc(Br)c(OC)c(OC)c1)SCO2. The first-order valence-corrected chi connectivity index (χ1v) is 9.46. The summed E-state index contributed by atoms with van der Waals surface area (Å²) in [5, 5.41) is 0. The van der Waals surface area contributed by atoms with Crippen LogP contribution in [0.1, 0.15) is 15.9 Å². The number of ketones is 1. The Hall–Kier alpha value is -2.12. The Morgan fingerprint density at radius 2 is 1.88 bits per heavy atom. The fraction of sp³-hybridized carbons (Fsp3) is 0.211. The number of benzene rings is 2. The Bertz CT molecular complexity index is 879. The predicted molar refractivity (Wildman–Crippen MR) is 105 cm³/mol. The van der Waals surface area contributed by atoms with Gasteiger partial charge in [0.1, 0.15) is 17.4 Å². The van der Waals surface area contributed by atoms with Crippen molar-refractivity contribution in [3.8, 4) is 23.0 Å². The van der Waals surface area contributed by atoms with Gasteiger partial charge >= 0.3 is 0 Å². The van der Waals surface area contributed by atoms with E-state index < -0.39 is 0 Å². The highest BCUT2D eigenvalue weighted by Gasteiger charge is 2.20. The third-order valence-electron chi connectivity index (χ3n) is 3.84. The third kappa shape index (κ3) is 3.68. The highest BCUT2D eigenvalue weighted by atomic mass is 79.9. The fourth-order valence-electron chi connectivity index (χ4n) is 2.58. The molecular formula is C19H17BrO5S. The van der Waals surface area contributed by atoms with Gasteiger partial charge in [0.05, 0.1) is 36.3 Å². The lowest BCUT2D eigenvalue weighted by Crippen LogP contribution is -1.99. The maximum atomic E-state index is 12.7. The predicted octanol–water partition coefficient (Wildman–Crippen LogP) is 4.81. The monoisotopic (exact) mass is 436 g/mol. The Balaban J connectivity index is 1.90. The number of hydrogen-bond acceptors (Lipinski definition) is 6. The van der Waals surface area contributed by atoms with Gasteiger partial charge in [-0.1, -0.05) is 17.8 Å². The van der Waals surface area contributed by atoms with Crippen molar-refractivity contribution in [2.24, 2.45) is 0 Å². The summed E-state index contributed by atoms with van der Waals surface area (Å²) in [6, 6.07) is 7.22. The summed E-state index contributed by atoms with van der Waals surface area (Å²) in [6.45, 7) is 0. The molecule has 3 rings (SSSR count). The molecule has 26 heavy (non-hydrogen) atoms. The van der Waals surface area contributed by atoms with E-state index in [1.165, 1.54) is 13.2 Å². The van der Waals surface area contributed by atoms with E-state index in [1.807, 2.05) is 12.1 Å². The summed E-state index contributed by atoms with van der Waals surface area (Å²) in [4.78, 5) is 13.6. The van der Waals surface area contributed by atoms with Crippen LogP contribution >= 0.6 is 27.7 Å². The van der Waals surface area contributed by atoms with Gasteiger partial charge in [0.25, 0.3) is 0 Å². The fourth-order valence-corrected chi connectivity index (χ4v) is 3.98. The Morgan fingerprint density at radius 1 is 1.12 bits per heavy atom. The lowest BCUT2D eigenvalue weighted by Gasteiger charge is -2.10. The van der Waals surface area contributed by atoms with Crippen LogP contribution in [0.25, 0.3) is 6.08 Å². The van der Waals surface area contributed by atoms with Crippen molar-refractivity contribution < 1.29 is 23.7 Å². The minimum atomic E-state index is -0.150. The highest BCUT2D eigenvalue weighted by Crippen LogP contribution is 2.41. The second-order valence-electron chi connectivity index (χ2n) is 5.34. The van der Waals surface area contributed by atoms with Gasteiger partial charge in [0, 0.05) is 6.07 Å². The van der Waals surface area contributed by atoms with E-state index in [1.54, 1.807) is 44.2 Å². The Morgan fingerprint density at radius 3 is 2.58 bits per heavy atom. The van der Waals surface area contributed by atoms with E-state index in [0.717, 1.165) is 20.7 Å². The molecule has 0 aliphatic carbocycles. The smallest absolute Gasteiger partial charge is 0.189 e. The lowest BCUT2D eigenvalue weighted by atomic mass is 10.1. The molecule has 0 radical (unpaired) electrons. The van der Waals surface area contributed by atoms with Crippen molar-refractivity contribution >= 4 is 39.6 Å². The number of allylic oxidation sites excluding steroid dienone is 1. The van der Waals surface area contributed by atoms with Crippen molar-refractivity contribution in [2.45, 2.75) is 4.90 Å². The van der Waals surface area contributed by atoms with Gasteiger partial charge in [0.2, 0.25) is 0 Å². The van der Waals surface area contributed by atoms with E-state index in [-0.39, 0.29) is 5.78 Å². The Labute approximate surface area is 164 Å². The first kappa shape index (κ1) is 18.7. The van der Waals surface area contributed by atoms with Crippen LogP contribution in [0.3, 0.4) is 0 Å². The number of fused-ring (bicyclic) bond motifs is 1. The van der Waals surface area contributed by atoms with Gasteiger partial charge in [0.15, 0.2) is 17.3 Å². The Kier molecular flexibility index (Phi) is 5.78. The number of thioether (sulfide) groups is 1. The second kappa shape index (κ2) is 8.05. The molecule has 5 nitrogen and oxygen atoms in total. The molecule has 0 spiro atoms. The van der Waals surface area contributed by atoms with Gasteiger partial charge < -0.3 is 18.9 Å². The molecular weight excluding hydrogens is 420 g/mol. The third-order valence-corrected chi connectivity index (χ3v) is 5.30. The summed E-state index contributed by atoms with van der Waals surface area (Å²) >= 11 is 5.00. The molecule has 0 amide bonds. The van der Waals surface area contributed by atoms with Crippen LogP contribution in [0, 0.1) is 0 Å². The van der Waals surface area contributed by atoms with Gasteiger partial charge in [-0.3, -0.25) is 4.79 Å². The van der Waals surface area contributed by atoms with E-state index >= 15 is 0 Å². The molecule has 2 aromatic rings. The summed E-state index contributed by atoms with van der Waals surface area (Å²) in [5.41, 5.74) is 1.31. The van der Waals surface area contributed by atoms with Crippen molar-refractivity contribution in [3.05, 3.63) is 45.9 Å². The van der Waals surface area contributed by atoms with Gasteiger partial charge in [-0.05, 0) is 45.8 Å². The number of halogens is 1. The molecule has 1 aliphatic rings. The minimum absolute atomic E-state index is 0.150. The second-order valence-corrected chi connectivity index (χ2v) is 7.16. The van der Waals surface area contributed by atoms with Crippen molar-refractivity contribution in [1.82, 2.24) is 0 Å². The molecule has 7 heteroatoms. The van der Waals surface area contributed by atoms with Crippen LogP contribution in [0.2, 0.25) is 0 Å². The summed E-state index contributed by atoms with van der Waals surface area (Å²) < 4.78 is 22.2. The van der Waals surface area contributed by atoms with Crippen molar-refractivity contribution in [3.63, 3.8) is 0 Å². The number of hydrogen-bond donors (Lipinski definition) is 0. The van der Waals surface area contributed by atoms with Crippen LogP contribution in [-0.2, 0) is 0 Å². The number of methoxy groups -OCH3 is 3. The number of carbonyl (C=O) groups excluding carboxylic acids is 1. The molecule has 0 aromatic heterocycles. The number of rotatable bonds is 6. The molecule has 0 saturated carbocycles. The van der Waals surface area contributed by atoms with E-state index in [9.17, 15) is 4.79 Å². The number of ether oxygens (including phenoxy) is 4. The topological polar surface area (TPSA) is 54.0 Å². The number of carbonyl (C=O) groups is 1. The molecule has 136 valence electrons. The minimum Gasteiger partial charge on any atom is -0.496 e. The average molecular weight is 437 g/mol. The van der Waals surface area contributed by atoms with Gasteiger partial charge in [-0.2, -0.15) is 0 Å². The highest BCUT2D eigenvalue weighted by molar-refractivity contribution is 9.10. The molecule has 0 atom stereocenters. The van der Waals surface area contributed by atoms with Crippen molar-refractivity contribution in [2.75, 3.05) is 27.3 Å².